The van der Waals surface area contributed by atoms with Gasteiger partial charge in [0.05, 0.1) is 16.7 Å². The predicted octanol–water partition coefficient (Wildman–Crippen LogP) is 5.02. The number of benzene rings is 2. The number of imidazole rings is 1. The summed E-state index contributed by atoms with van der Waals surface area (Å²) in [6, 6.07) is 10.7. The third-order valence-electron chi connectivity index (χ3n) is 3.35. The summed E-state index contributed by atoms with van der Waals surface area (Å²) in [7, 11) is 0. The van der Waals surface area contributed by atoms with Crippen LogP contribution in [0.1, 0.15) is 11.4 Å². The van der Waals surface area contributed by atoms with Crippen LogP contribution in [0.25, 0.3) is 16.7 Å². The van der Waals surface area contributed by atoms with E-state index in [1.165, 1.54) is 12.1 Å². The lowest BCUT2D eigenvalue weighted by Crippen LogP contribution is -2.03. The maximum absolute atomic E-state index is 13.6. The average Bonchev–Trinajstić information content (AvgIpc) is 2.77. The molecule has 0 spiro atoms. The Hall–Kier alpha value is -1.39. The molecule has 0 aliphatic heterocycles. The van der Waals surface area contributed by atoms with Crippen molar-refractivity contribution in [3.8, 4) is 5.69 Å². The van der Waals surface area contributed by atoms with E-state index in [0.717, 1.165) is 32.6 Å². The largest absolute Gasteiger partial charge is 0.295 e. The summed E-state index contributed by atoms with van der Waals surface area (Å²) in [4.78, 5) is 4.57. The Labute approximate surface area is 135 Å². The SMILES string of the molecule is Cc1ccc(-n2c(CCCl)nc3ccc(F)cc32)c(Br)c1. The molecule has 3 aromatic rings. The molecule has 5 heteroatoms. The van der Waals surface area contributed by atoms with Crippen LogP contribution in [-0.4, -0.2) is 15.4 Å². The van der Waals surface area contributed by atoms with E-state index in [9.17, 15) is 4.39 Å². The van der Waals surface area contributed by atoms with E-state index in [0.29, 0.717) is 12.3 Å². The third kappa shape index (κ3) is 2.70. The average molecular weight is 368 g/mol. The summed E-state index contributed by atoms with van der Waals surface area (Å²) in [6.07, 6.45) is 0.623. The molecule has 0 radical (unpaired) electrons. The number of fused-ring (bicyclic) bond motifs is 1. The number of hydrogen-bond donors (Lipinski definition) is 0. The number of hydrogen-bond acceptors (Lipinski definition) is 1. The Balaban J connectivity index is 2.32. The van der Waals surface area contributed by atoms with Crippen LogP contribution in [0.5, 0.6) is 0 Å². The fourth-order valence-corrected chi connectivity index (χ4v) is 3.25. The molecule has 0 aliphatic rings. The molecular formula is C16H13BrClFN2. The molecule has 2 nitrogen and oxygen atoms in total. The first-order valence-corrected chi connectivity index (χ1v) is 7.92. The predicted molar refractivity (Wildman–Crippen MR) is 87.9 cm³/mol. The van der Waals surface area contributed by atoms with Crippen molar-refractivity contribution in [2.24, 2.45) is 0 Å². The zero-order valence-corrected chi connectivity index (χ0v) is 13.7. The van der Waals surface area contributed by atoms with E-state index in [1.807, 2.05) is 29.7 Å². The molecule has 0 atom stereocenters. The van der Waals surface area contributed by atoms with Crippen molar-refractivity contribution < 1.29 is 4.39 Å². The highest BCUT2D eigenvalue weighted by molar-refractivity contribution is 9.10. The molecule has 0 bridgehead atoms. The van der Waals surface area contributed by atoms with E-state index in [1.54, 1.807) is 6.07 Å². The molecule has 21 heavy (non-hydrogen) atoms. The lowest BCUT2D eigenvalue weighted by molar-refractivity contribution is 0.629. The molecule has 0 saturated heterocycles. The monoisotopic (exact) mass is 366 g/mol. The number of nitrogens with zero attached hydrogens (tertiary/aromatic N) is 2. The van der Waals surface area contributed by atoms with E-state index in [2.05, 4.69) is 20.9 Å². The number of aryl methyl sites for hydroxylation is 2. The van der Waals surface area contributed by atoms with Crippen LogP contribution in [0.3, 0.4) is 0 Å². The van der Waals surface area contributed by atoms with Gasteiger partial charge in [0.15, 0.2) is 0 Å². The molecule has 0 fully saturated rings. The van der Waals surface area contributed by atoms with Gasteiger partial charge in [-0.1, -0.05) is 6.07 Å². The summed E-state index contributed by atoms with van der Waals surface area (Å²) in [5.41, 5.74) is 3.61. The molecular weight excluding hydrogens is 355 g/mol. The van der Waals surface area contributed by atoms with Crippen LogP contribution in [0.15, 0.2) is 40.9 Å². The first-order chi connectivity index (χ1) is 10.1. The molecule has 108 valence electrons. The van der Waals surface area contributed by atoms with Crippen molar-refractivity contribution in [3.63, 3.8) is 0 Å². The smallest absolute Gasteiger partial charge is 0.125 e. The van der Waals surface area contributed by atoms with Crippen LogP contribution in [0, 0.1) is 12.7 Å². The molecule has 1 aromatic heterocycles. The van der Waals surface area contributed by atoms with Gasteiger partial charge >= 0.3 is 0 Å². The molecule has 0 amide bonds. The molecule has 0 unspecified atom stereocenters. The van der Waals surface area contributed by atoms with Gasteiger partial charge in [-0.05, 0) is 52.7 Å². The highest BCUT2D eigenvalue weighted by Crippen LogP contribution is 2.28. The van der Waals surface area contributed by atoms with E-state index in [-0.39, 0.29) is 5.82 Å². The fourth-order valence-electron chi connectivity index (χ4n) is 2.41. The second kappa shape index (κ2) is 5.78. The number of alkyl halides is 1. The zero-order valence-electron chi connectivity index (χ0n) is 11.4. The van der Waals surface area contributed by atoms with Crippen molar-refractivity contribution in [3.05, 3.63) is 58.1 Å². The van der Waals surface area contributed by atoms with Gasteiger partial charge in [-0.25, -0.2) is 9.37 Å². The van der Waals surface area contributed by atoms with Gasteiger partial charge in [0.2, 0.25) is 0 Å². The van der Waals surface area contributed by atoms with Crippen LogP contribution in [-0.2, 0) is 6.42 Å². The summed E-state index contributed by atoms with van der Waals surface area (Å²) < 4.78 is 16.5. The standard InChI is InChI=1S/C16H13BrClFN2/c1-10-2-5-14(12(17)8-10)21-15-9-11(19)3-4-13(15)20-16(21)6-7-18/h2-5,8-9H,6-7H2,1H3. The maximum Gasteiger partial charge on any atom is 0.125 e. The van der Waals surface area contributed by atoms with Gasteiger partial charge in [0.1, 0.15) is 11.6 Å². The Morgan fingerprint density at radius 2 is 2.05 bits per heavy atom. The lowest BCUT2D eigenvalue weighted by atomic mass is 10.2. The minimum absolute atomic E-state index is 0.274. The van der Waals surface area contributed by atoms with Crippen molar-refractivity contribution in [1.29, 1.82) is 0 Å². The first kappa shape index (κ1) is 14.5. The highest BCUT2D eigenvalue weighted by Gasteiger charge is 2.14. The molecule has 1 heterocycles. The molecule has 0 saturated carbocycles. The summed E-state index contributed by atoms with van der Waals surface area (Å²) >= 11 is 9.46. The zero-order chi connectivity index (χ0) is 15.0. The van der Waals surface area contributed by atoms with Gasteiger partial charge in [0, 0.05) is 22.8 Å². The number of rotatable bonds is 3. The molecule has 3 rings (SSSR count). The second-order valence-electron chi connectivity index (χ2n) is 4.89. The van der Waals surface area contributed by atoms with Gasteiger partial charge in [-0.15, -0.1) is 11.6 Å². The van der Waals surface area contributed by atoms with Crippen LogP contribution >= 0.6 is 27.5 Å². The maximum atomic E-state index is 13.6. The van der Waals surface area contributed by atoms with Crippen LogP contribution in [0.4, 0.5) is 4.39 Å². The normalized spacial score (nSPS) is 11.2. The topological polar surface area (TPSA) is 17.8 Å². The van der Waals surface area contributed by atoms with Gasteiger partial charge < -0.3 is 0 Å². The van der Waals surface area contributed by atoms with Crippen molar-refractivity contribution >= 4 is 38.6 Å². The Morgan fingerprint density at radius 3 is 2.76 bits per heavy atom. The van der Waals surface area contributed by atoms with Crippen LogP contribution in [0.2, 0.25) is 0 Å². The number of aromatic nitrogens is 2. The Bertz CT molecular complexity index is 813. The Kier molecular flexibility index (Phi) is 4.00. The van der Waals surface area contributed by atoms with Crippen molar-refractivity contribution in [2.75, 3.05) is 5.88 Å². The fraction of sp³-hybridized carbons (Fsp3) is 0.188. The van der Waals surface area contributed by atoms with Crippen LogP contribution < -0.4 is 0 Å². The Morgan fingerprint density at radius 1 is 1.24 bits per heavy atom. The van der Waals surface area contributed by atoms with E-state index < -0.39 is 0 Å². The van der Waals surface area contributed by atoms with E-state index >= 15 is 0 Å². The summed E-state index contributed by atoms with van der Waals surface area (Å²) in [6.45, 7) is 2.03. The molecule has 2 aromatic carbocycles. The molecule has 0 N–H and O–H groups in total. The second-order valence-corrected chi connectivity index (χ2v) is 6.12. The summed E-state index contributed by atoms with van der Waals surface area (Å²) in [5.74, 6) is 1.02. The van der Waals surface area contributed by atoms with Gasteiger partial charge in [-0.2, -0.15) is 0 Å². The first-order valence-electron chi connectivity index (χ1n) is 6.59. The van der Waals surface area contributed by atoms with Crippen molar-refractivity contribution in [2.45, 2.75) is 13.3 Å². The molecule has 0 aliphatic carbocycles. The minimum atomic E-state index is -0.274. The van der Waals surface area contributed by atoms with Crippen molar-refractivity contribution in [1.82, 2.24) is 9.55 Å². The minimum Gasteiger partial charge on any atom is -0.295 e. The lowest BCUT2D eigenvalue weighted by Gasteiger charge is -2.11. The van der Waals surface area contributed by atoms with Gasteiger partial charge in [-0.3, -0.25) is 4.57 Å². The highest BCUT2D eigenvalue weighted by atomic mass is 79.9. The van der Waals surface area contributed by atoms with Gasteiger partial charge in [0.25, 0.3) is 0 Å². The third-order valence-corrected chi connectivity index (χ3v) is 4.17. The van der Waals surface area contributed by atoms with E-state index in [4.69, 9.17) is 11.6 Å². The quantitative estimate of drug-likeness (QED) is 0.595. The number of halogens is 3. The summed E-state index contributed by atoms with van der Waals surface area (Å²) in [5, 5.41) is 0.